The Morgan fingerprint density at radius 3 is 2.29 bits per heavy atom. The van der Waals surface area contributed by atoms with Crippen LogP contribution in [0.2, 0.25) is 0 Å². The van der Waals surface area contributed by atoms with Gasteiger partial charge in [0.15, 0.2) is 5.65 Å². The lowest BCUT2D eigenvalue weighted by Crippen LogP contribution is -2.10. The number of H-pyrrole nitrogens is 1. The summed E-state index contributed by atoms with van der Waals surface area (Å²) in [5.74, 6) is -0.269. The first-order valence-corrected chi connectivity index (χ1v) is 11.1. The molecular weight excluding hydrogens is 389 g/mol. The molecule has 0 amide bonds. The molecule has 0 atom stereocenters. The normalized spacial score (nSPS) is 13.6. The van der Waals surface area contributed by atoms with Crippen LogP contribution in [0.5, 0.6) is 0 Å². The first kappa shape index (κ1) is 21.0. The van der Waals surface area contributed by atoms with Gasteiger partial charge < -0.3 is 0 Å². The van der Waals surface area contributed by atoms with E-state index < -0.39 is 0 Å². The largest absolute Gasteiger partial charge is 0.268 e. The van der Waals surface area contributed by atoms with Crippen molar-refractivity contribution in [1.29, 1.82) is 0 Å². The fourth-order valence-electron chi connectivity index (χ4n) is 4.09. The van der Waals surface area contributed by atoms with Crippen LogP contribution in [0.1, 0.15) is 49.7 Å². The predicted octanol–water partition coefficient (Wildman–Crippen LogP) is 5.95. The van der Waals surface area contributed by atoms with Crippen LogP contribution in [0.4, 0.5) is 4.39 Å². The van der Waals surface area contributed by atoms with Crippen LogP contribution in [0.15, 0.2) is 71.7 Å². The molecule has 0 unspecified atom stereocenters. The third kappa shape index (κ3) is 5.48. The SMILES string of the molecule is C1CCCCC1.O=c1ccc2ncc(-c3ccc(F)cc3CCc3ccccc3)n2[nH]1. The average molecular weight is 418 g/mol. The third-order valence-electron chi connectivity index (χ3n) is 5.76. The van der Waals surface area contributed by atoms with Gasteiger partial charge in [-0.05, 0) is 48.2 Å². The number of hydrogen-bond acceptors (Lipinski definition) is 2. The zero-order valence-electron chi connectivity index (χ0n) is 17.7. The van der Waals surface area contributed by atoms with Crippen molar-refractivity contribution in [3.05, 3.63) is 94.2 Å². The zero-order valence-corrected chi connectivity index (χ0v) is 17.7. The molecule has 5 rings (SSSR count). The summed E-state index contributed by atoms with van der Waals surface area (Å²) >= 11 is 0. The van der Waals surface area contributed by atoms with Crippen molar-refractivity contribution < 1.29 is 4.39 Å². The van der Waals surface area contributed by atoms with Gasteiger partial charge in [0.1, 0.15) is 5.82 Å². The van der Waals surface area contributed by atoms with Gasteiger partial charge >= 0.3 is 0 Å². The second-order valence-corrected chi connectivity index (χ2v) is 8.05. The first-order chi connectivity index (χ1) is 15.2. The smallest absolute Gasteiger partial charge is 0.263 e. The Balaban J connectivity index is 0.000000334. The number of hydrogen-bond donors (Lipinski definition) is 1. The molecule has 2 aromatic heterocycles. The molecule has 4 aromatic rings. The third-order valence-corrected chi connectivity index (χ3v) is 5.76. The van der Waals surface area contributed by atoms with Crippen LogP contribution >= 0.6 is 0 Å². The van der Waals surface area contributed by atoms with Crippen molar-refractivity contribution in [2.24, 2.45) is 0 Å². The lowest BCUT2D eigenvalue weighted by atomic mass is 9.98. The molecule has 160 valence electrons. The molecule has 0 spiro atoms. The summed E-state index contributed by atoms with van der Waals surface area (Å²) in [6.45, 7) is 0. The van der Waals surface area contributed by atoms with Crippen LogP contribution in [-0.4, -0.2) is 14.6 Å². The van der Waals surface area contributed by atoms with Gasteiger partial charge in [-0.1, -0.05) is 68.9 Å². The van der Waals surface area contributed by atoms with Gasteiger partial charge in [0, 0.05) is 11.6 Å². The molecule has 0 radical (unpaired) electrons. The van der Waals surface area contributed by atoms with Crippen molar-refractivity contribution in [3.63, 3.8) is 0 Å². The Kier molecular flexibility index (Phi) is 6.92. The van der Waals surface area contributed by atoms with E-state index in [4.69, 9.17) is 0 Å². The second kappa shape index (κ2) is 10.2. The molecule has 0 aliphatic heterocycles. The van der Waals surface area contributed by atoms with Crippen molar-refractivity contribution in [2.45, 2.75) is 51.4 Å². The summed E-state index contributed by atoms with van der Waals surface area (Å²) in [5, 5.41) is 2.76. The van der Waals surface area contributed by atoms with Gasteiger partial charge in [-0.15, -0.1) is 0 Å². The molecule has 2 heterocycles. The molecule has 2 aromatic carbocycles. The Bertz CT molecular complexity index is 1160. The lowest BCUT2D eigenvalue weighted by molar-refractivity contribution is 0.504. The van der Waals surface area contributed by atoms with E-state index in [-0.39, 0.29) is 11.4 Å². The topological polar surface area (TPSA) is 50.2 Å². The number of nitrogens with one attached hydrogen (secondary N) is 1. The number of aromatic nitrogens is 3. The maximum absolute atomic E-state index is 13.8. The first-order valence-electron chi connectivity index (χ1n) is 11.1. The Labute approximate surface area is 181 Å². The minimum atomic E-state index is -0.269. The summed E-state index contributed by atoms with van der Waals surface area (Å²) < 4.78 is 15.5. The summed E-state index contributed by atoms with van der Waals surface area (Å²) in [6, 6.07) is 17.9. The van der Waals surface area contributed by atoms with Crippen molar-refractivity contribution in [1.82, 2.24) is 14.6 Å². The van der Waals surface area contributed by atoms with E-state index in [2.05, 4.69) is 22.2 Å². The highest BCUT2D eigenvalue weighted by Gasteiger charge is 2.12. The highest BCUT2D eigenvalue weighted by Crippen LogP contribution is 2.26. The fraction of sp³-hybridized carbons (Fsp3) is 0.308. The molecule has 5 heteroatoms. The van der Waals surface area contributed by atoms with Gasteiger partial charge in [-0.25, -0.2) is 13.9 Å². The molecule has 0 bridgehead atoms. The Hall–Kier alpha value is -3.21. The monoisotopic (exact) mass is 417 g/mol. The molecule has 1 aliphatic rings. The van der Waals surface area contributed by atoms with Gasteiger partial charge in [-0.3, -0.25) is 9.89 Å². The van der Waals surface area contributed by atoms with E-state index in [9.17, 15) is 9.18 Å². The van der Waals surface area contributed by atoms with Crippen LogP contribution in [-0.2, 0) is 12.8 Å². The van der Waals surface area contributed by atoms with E-state index in [1.54, 1.807) is 28.9 Å². The van der Waals surface area contributed by atoms with E-state index in [1.165, 1.54) is 56.2 Å². The Morgan fingerprint density at radius 2 is 1.58 bits per heavy atom. The summed E-state index contributed by atoms with van der Waals surface area (Å²) in [6.07, 6.45) is 12.2. The number of imidazole rings is 1. The number of rotatable bonds is 4. The Morgan fingerprint density at radius 1 is 0.871 bits per heavy atom. The van der Waals surface area contributed by atoms with E-state index >= 15 is 0 Å². The number of benzene rings is 2. The quantitative estimate of drug-likeness (QED) is 0.446. The molecule has 0 saturated heterocycles. The van der Waals surface area contributed by atoms with Crippen LogP contribution in [0, 0.1) is 5.82 Å². The van der Waals surface area contributed by atoms with Crippen molar-refractivity contribution >= 4 is 5.65 Å². The summed E-state index contributed by atoms with van der Waals surface area (Å²) in [7, 11) is 0. The highest BCUT2D eigenvalue weighted by molar-refractivity contribution is 5.66. The van der Waals surface area contributed by atoms with E-state index in [1.807, 2.05) is 18.2 Å². The minimum Gasteiger partial charge on any atom is -0.268 e. The number of nitrogens with zero attached hydrogens (tertiary/aromatic N) is 2. The molecule has 4 nitrogen and oxygen atoms in total. The zero-order chi connectivity index (χ0) is 21.5. The number of fused-ring (bicyclic) bond motifs is 1. The number of aromatic amines is 1. The van der Waals surface area contributed by atoms with Gasteiger partial charge in [0.25, 0.3) is 5.56 Å². The summed E-state index contributed by atoms with van der Waals surface area (Å²) in [4.78, 5) is 16.0. The van der Waals surface area contributed by atoms with Crippen LogP contribution in [0.25, 0.3) is 16.9 Å². The average Bonchev–Trinajstić information content (AvgIpc) is 3.23. The van der Waals surface area contributed by atoms with Gasteiger partial charge in [0.2, 0.25) is 0 Å². The lowest BCUT2D eigenvalue weighted by Gasteiger charge is -2.10. The molecule has 1 aliphatic carbocycles. The molecular formula is C26H28FN3O. The van der Waals surface area contributed by atoms with Crippen molar-refractivity contribution in [3.8, 4) is 11.3 Å². The highest BCUT2D eigenvalue weighted by atomic mass is 19.1. The summed E-state index contributed by atoms with van der Waals surface area (Å²) in [5.41, 5.74) is 4.13. The minimum absolute atomic E-state index is 0.209. The second-order valence-electron chi connectivity index (χ2n) is 8.05. The fourth-order valence-corrected chi connectivity index (χ4v) is 4.09. The van der Waals surface area contributed by atoms with E-state index in [0.29, 0.717) is 12.1 Å². The maximum Gasteiger partial charge on any atom is 0.263 e. The van der Waals surface area contributed by atoms with Crippen LogP contribution < -0.4 is 5.56 Å². The van der Waals surface area contributed by atoms with E-state index in [0.717, 1.165) is 23.2 Å². The maximum atomic E-state index is 13.8. The number of halogens is 1. The molecule has 31 heavy (non-hydrogen) atoms. The van der Waals surface area contributed by atoms with Crippen molar-refractivity contribution in [2.75, 3.05) is 0 Å². The van der Waals surface area contributed by atoms with Gasteiger partial charge in [0.05, 0.1) is 11.9 Å². The predicted molar refractivity (Wildman–Crippen MR) is 123 cm³/mol. The van der Waals surface area contributed by atoms with Gasteiger partial charge in [-0.2, -0.15) is 0 Å². The molecule has 1 saturated carbocycles. The molecule has 1 fully saturated rings. The number of aryl methyl sites for hydroxylation is 2. The standard InChI is InChI=1S/C20H16FN3O.C6H12/c21-16-8-9-17(15(12-16)7-6-14-4-2-1-3-5-14)18-13-22-19-10-11-20(25)23-24(18)19;1-2-4-6-5-3-1/h1-5,8-13H,6-7H2,(H,23,25);1-6H2. The van der Waals surface area contributed by atoms with Crippen LogP contribution in [0.3, 0.4) is 0 Å². The molecule has 1 N–H and O–H groups in total.